The van der Waals surface area contributed by atoms with Crippen molar-refractivity contribution in [2.24, 2.45) is 0 Å². The van der Waals surface area contributed by atoms with Crippen molar-refractivity contribution in [2.75, 3.05) is 6.54 Å². The summed E-state index contributed by atoms with van der Waals surface area (Å²) in [5.41, 5.74) is 0.491. The topological polar surface area (TPSA) is 92.3 Å². The Morgan fingerprint density at radius 2 is 1.85 bits per heavy atom. The molecule has 1 aromatic carbocycles. The van der Waals surface area contributed by atoms with Crippen LogP contribution in [0.2, 0.25) is 5.02 Å². The molecule has 2 aromatic rings. The second-order valence-corrected chi connectivity index (χ2v) is 9.72. The predicted octanol–water partition coefficient (Wildman–Crippen LogP) is 2.31. The van der Waals surface area contributed by atoms with Crippen LogP contribution < -0.4 is 10.6 Å². The third-order valence-corrected chi connectivity index (χ3v) is 7.74. The van der Waals surface area contributed by atoms with E-state index >= 15 is 0 Å². The van der Waals surface area contributed by atoms with Gasteiger partial charge in [-0.1, -0.05) is 29.8 Å². The summed E-state index contributed by atoms with van der Waals surface area (Å²) in [4.78, 5) is 23.8. The summed E-state index contributed by atoms with van der Waals surface area (Å²) in [6, 6.07) is 9.62. The number of amides is 2. The summed E-state index contributed by atoms with van der Waals surface area (Å²) >= 11 is 6.99. The molecule has 6 nitrogen and oxygen atoms in total. The fourth-order valence-corrected chi connectivity index (χ4v) is 5.39. The highest BCUT2D eigenvalue weighted by Crippen LogP contribution is 2.31. The Balaban J connectivity index is 1.80. The monoisotopic (exact) mass is 412 g/mol. The van der Waals surface area contributed by atoms with E-state index in [2.05, 4.69) is 10.6 Å². The molecule has 0 aliphatic heterocycles. The zero-order valence-electron chi connectivity index (χ0n) is 13.6. The van der Waals surface area contributed by atoms with Gasteiger partial charge in [-0.3, -0.25) is 9.59 Å². The molecule has 1 heterocycles. The molecular weight excluding hydrogens is 396 g/mol. The second-order valence-electron chi connectivity index (χ2n) is 5.98. The number of rotatable bonds is 6. The second kappa shape index (κ2) is 7.77. The number of sulfone groups is 1. The van der Waals surface area contributed by atoms with E-state index in [-0.39, 0.29) is 16.8 Å². The van der Waals surface area contributed by atoms with E-state index in [1.165, 1.54) is 6.07 Å². The molecule has 26 heavy (non-hydrogen) atoms. The number of carbonyl (C=O) groups is 2. The Hall–Kier alpha value is -1.90. The lowest BCUT2D eigenvalue weighted by Crippen LogP contribution is -2.43. The molecule has 138 valence electrons. The summed E-state index contributed by atoms with van der Waals surface area (Å²) in [6.45, 7) is -0.210. The first kappa shape index (κ1) is 18.9. The molecule has 1 aliphatic carbocycles. The molecule has 0 bridgehead atoms. The molecule has 0 radical (unpaired) electrons. The summed E-state index contributed by atoms with van der Waals surface area (Å²) in [5.74, 6) is -1.58. The van der Waals surface area contributed by atoms with E-state index in [4.69, 9.17) is 11.6 Å². The minimum Gasteiger partial charge on any atom is -0.346 e. The van der Waals surface area contributed by atoms with Crippen LogP contribution in [0.1, 0.15) is 23.7 Å². The van der Waals surface area contributed by atoms with E-state index in [0.29, 0.717) is 10.6 Å². The van der Waals surface area contributed by atoms with E-state index in [9.17, 15) is 18.0 Å². The van der Waals surface area contributed by atoms with Gasteiger partial charge in [-0.25, -0.2) is 8.42 Å². The normalized spacial score (nSPS) is 15.3. The number of nitrogens with one attached hydrogen (secondary N) is 2. The molecule has 1 fully saturated rings. The number of halogens is 1. The van der Waals surface area contributed by atoms with Crippen LogP contribution in [0, 0.1) is 0 Å². The minimum absolute atomic E-state index is 0.0511. The van der Waals surface area contributed by atoms with E-state index in [1.54, 1.807) is 35.7 Å². The molecule has 2 N–H and O–H groups in total. The summed E-state index contributed by atoms with van der Waals surface area (Å²) in [6.07, 6.45) is 1.72. The van der Waals surface area contributed by atoms with Crippen LogP contribution >= 0.6 is 22.9 Å². The van der Waals surface area contributed by atoms with Gasteiger partial charge in [-0.15, -0.1) is 11.3 Å². The Bertz CT molecular complexity index is 891. The first-order valence-corrected chi connectivity index (χ1v) is 10.8. The number of hydrogen-bond acceptors (Lipinski definition) is 5. The summed E-state index contributed by atoms with van der Waals surface area (Å²) < 4.78 is 26.2. The average Bonchev–Trinajstić information content (AvgIpc) is 3.24. The fourth-order valence-electron chi connectivity index (χ4n) is 2.39. The van der Waals surface area contributed by atoms with Gasteiger partial charge < -0.3 is 10.6 Å². The first-order chi connectivity index (χ1) is 12.4. The molecule has 3 rings (SSSR count). The maximum absolute atomic E-state index is 13.0. The van der Waals surface area contributed by atoms with Gasteiger partial charge in [-0.2, -0.15) is 0 Å². The molecule has 1 saturated carbocycles. The zero-order valence-corrected chi connectivity index (χ0v) is 16.0. The third kappa shape index (κ3) is 4.44. The van der Waals surface area contributed by atoms with Crippen molar-refractivity contribution in [2.45, 2.75) is 28.3 Å². The first-order valence-electron chi connectivity index (χ1n) is 7.99. The van der Waals surface area contributed by atoms with Crippen LogP contribution in [0.4, 0.5) is 0 Å². The van der Waals surface area contributed by atoms with Gasteiger partial charge in [0, 0.05) is 17.6 Å². The van der Waals surface area contributed by atoms with Gasteiger partial charge in [0.25, 0.3) is 0 Å². The van der Waals surface area contributed by atoms with Gasteiger partial charge in [0.15, 0.2) is 9.84 Å². The molecule has 1 aromatic heterocycles. The van der Waals surface area contributed by atoms with Crippen LogP contribution in [0.3, 0.4) is 0 Å². The quantitative estimate of drug-likeness (QED) is 0.712. The highest BCUT2D eigenvalue weighted by Gasteiger charge is 2.32. The van der Waals surface area contributed by atoms with Crippen molar-refractivity contribution in [1.82, 2.24) is 10.6 Å². The van der Waals surface area contributed by atoms with Crippen molar-refractivity contribution < 1.29 is 18.0 Å². The molecule has 0 unspecified atom stereocenters. The van der Waals surface area contributed by atoms with Crippen LogP contribution in [-0.2, 0) is 19.4 Å². The highest BCUT2D eigenvalue weighted by atomic mass is 35.5. The fraction of sp³-hybridized carbons (Fsp3) is 0.294. The number of benzene rings is 1. The number of carbonyl (C=O) groups excluding carboxylic acids is 2. The van der Waals surface area contributed by atoms with Gasteiger partial charge in [-0.05, 0) is 42.0 Å². The molecular formula is C17H17ClN2O4S2. The van der Waals surface area contributed by atoms with Crippen LogP contribution in [-0.4, -0.2) is 32.8 Å². The van der Waals surface area contributed by atoms with E-state index in [1.807, 2.05) is 0 Å². The van der Waals surface area contributed by atoms with Crippen LogP contribution in [0.5, 0.6) is 0 Å². The molecule has 9 heteroatoms. The lowest BCUT2D eigenvalue weighted by atomic mass is 10.1. The molecule has 0 spiro atoms. The van der Waals surface area contributed by atoms with E-state index in [0.717, 1.165) is 24.2 Å². The van der Waals surface area contributed by atoms with Crippen molar-refractivity contribution in [3.8, 4) is 0 Å². The molecule has 2 amide bonds. The maximum atomic E-state index is 13.0. The van der Waals surface area contributed by atoms with Crippen molar-refractivity contribution >= 4 is 44.6 Å². The smallest absolute Gasteiger partial charge is 0.309 e. The summed E-state index contributed by atoms with van der Waals surface area (Å²) in [5, 5.41) is 6.15. The Labute approximate surface area is 160 Å². The number of hydrogen-bond donors (Lipinski definition) is 2. The van der Waals surface area contributed by atoms with Gasteiger partial charge in [0.05, 0.1) is 0 Å². The standard InChI is InChI=1S/C17H17ClN2O4S2/c18-12-5-3-11(4-6-12)14(26(23,24)15-2-1-9-25-15)10-19-16(21)17(22)20-13-7-8-13/h1-6,9,13-14H,7-8,10H2,(H,19,21)(H,20,22)/t14-/m1/s1. The Morgan fingerprint density at radius 3 is 2.42 bits per heavy atom. The maximum Gasteiger partial charge on any atom is 0.309 e. The Morgan fingerprint density at radius 1 is 1.15 bits per heavy atom. The van der Waals surface area contributed by atoms with E-state index < -0.39 is 26.9 Å². The van der Waals surface area contributed by atoms with Gasteiger partial charge in [0.1, 0.15) is 9.46 Å². The molecule has 1 atom stereocenters. The van der Waals surface area contributed by atoms with Crippen molar-refractivity contribution in [3.63, 3.8) is 0 Å². The van der Waals surface area contributed by atoms with Crippen LogP contribution in [0.15, 0.2) is 46.0 Å². The van der Waals surface area contributed by atoms with Gasteiger partial charge in [0.2, 0.25) is 0 Å². The van der Waals surface area contributed by atoms with Gasteiger partial charge >= 0.3 is 11.8 Å². The van der Waals surface area contributed by atoms with Crippen molar-refractivity contribution in [1.29, 1.82) is 0 Å². The SMILES string of the molecule is O=C(NC[C@H](c1ccc(Cl)cc1)S(=O)(=O)c1cccs1)C(=O)NC1CC1. The Kier molecular flexibility index (Phi) is 5.64. The van der Waals surface area contributed by atoms with Crippen LogP contribution in [0.25, 0.3) is 0 Å². The summed E-state index contributed by atoms with van der Waals surface area (Å²) in [7, 11) is -3.73. The van der Waals surface area contributed by atoms with Crippen molar-refractivity contribution in [3.05, 3.63) is 52.4 Å². The number of thiophene rings is 1. The zero-order chi connectivity index (χ0) is 18.7. The predicted molar refractivity (Wildman–Crippen MR) is 99.9 cm³/mol. The highest BCUT2D eigenvalue weighted by molar-refractivity contribution is 7.93. The molecule has 0 saturated heterocycles. The minimum atomic E-state index is -3.73. The largest absolute Gasteiger partial charge is 0.346 e. The lowest BCUT2D eigenvalue weighted by Gasteiger charge is -2.18. The third-order valence-electron chi connectivity index (χ3n) is 3.96. The molecule has 1 aliphatic rings. The lowest BCUT2D eigenvalue weighted by molar-refractivity contribution is -0.139. The average molecular weight is 413 g/mol.